The monoisotopic (exact) mass is 318 g/mol. The van der Waals surface area contributed by atoms with E-state index >= 15 is 0 Å². The smallest absolute Gasteiger partial charge is 0.222 e. The molecule has 0 radical (unpaired) electrons. The van der Waals surface area contributed by atoms with Crippen molar-refractivity contribution in [3.05, 3.63) is 29.8 Å². The first-order valence-corrected chi connectivity index (χ1v) is 8.85. The maximum atomic E-state index is 12.4. The topological polar surface area (TPSA) is 55.6 Å². The lowest BCUT2D eigenvalue weighted by atomic mass is 9.92. The van der Waals surface area contributed by atoms with Crippen LogP contribution in [0.1, 0.15) is 45.1 Å². The summed E-state index contributed by atoms with van der Waals surface area (Å²) in [4.78, 5) is 14.4. The Labute approximate surface area is 140 Å². The molecule has 4 nitrogen and oxygen atoms in total. The van der Waals surface area contributed by atoms with Crippen molar-refractivity contribution in [3.63, 3.8) is 0 Å². The number of aryl methyl sites for hydroxylation is 1. The summed E-state index contributed by atoms with van der Waals surface area (Å²) in [7, 11) is 0. The van der Waals surface area contributed by atoms with Crippen LogP contribution >= 0.6 is 0 Å². The molecule has 1 aliphatic heterocycles. The molecule has 0 aliphatic carbocycles. The molecule has 1 saturated heterocycles. The largest absolute Gasteiger partial charge is 0.494 e. The van der Waals surface area contributed by atoms with Gasteiger partial charge in [0.15, 0.2) is 0 Å². The number of piperidine rings is 1. The molecule has 0 bridgehead atoms. The minimum absolute atomic E-state index is 0.168. The molecule has 1 heterocycles. The molecular weight excluding hydrogens is 288 g/mol. The molecule has 2 unspecified atom stereocenters. The summed E-state index contributed by atoms with van der Waals surface area (Å²) in [5.41, 5.74) is 7.18. The lowest BCUT2D eigenvalue weighted by molar-refractivity contribution is -0.133. The molecule has 0 spiro atoms. The summed E-state index contributed by atoms with van der Waals surface area (Å²) in [6, 6.07) is 8.25. The Hall–Kier alpha value is -1.55. The van der Waals surface area contributed by atoms with E-state index in [0.717, 1.165) is 51.1 Å². The van der Waals surface area contributed by atoms with E-state index in [-0.39, 0.29) is 11.9 Å². The fourth-order valence-corrected chi connectivity index (χ4v) is 3.05. The number of hydrogen-bond donors (Lipinski definition) is 1. The Morgan fingerprint density at radius 2 is 2.13 bits per heavy atom. The first-order chi connectivity index (χ1) is 11.1. The standard InChI is InChI=1S/C19H30N2O2/c1-3-13-23-18-9-6-16(7-10-18)8-11-19(22)21-12-4-5-17(14-21)15(2)20/h6-7,9-10,15,17H,3-5,8,11-14,20H2,1-2H3. The molecule has 23 heavy (non-hydrogen) atoms. The molecule has 0 aromatic heterocycles. The van der Waals surface area contributed by atoms with Gasteiger partial charge < -0.3 is 15.4 Å². The van der Waals surface area contributed by atoms with E-state index in [1.54, 1.807) is 0 Å². The van der Waals surface area contributed by atoms with Crippen LogP contribution in [0.4, 0.5) is 0 Å². The highest BCUT2D eigenvalue weighted by Crippen LogP contribution is 2.20. The second kappa shape index (κ2) is 8.92. The van der Waals surface area contributed by atoms with Gasteiger partial charge in [0, 0.05) is 25.6 Å². The molecule has 1 fully saturated rings. The Morgan fingerprint density at radius 3 is 2.78 bits per heavy atom. The number of nitrogens with zero attached hydrogens (tertiary/aromatic N) is 1. The highest BCUT2D eigenvalue weighted by molar-refractivity contribution is 5.76. The highest BCUT2D eigenvalue weighted by Gasteiger charge is 2.25. The van der Waals surface area contributed by atoms with Gasteiger partial charge in [-0.2, -0.15) is 0 Å². The molecule has 128 valence electrons. The molecule has 1 aromatic rings. The van der Waals surface area contributed by atoms with Crippen molar-refractivity contribution in [1.29, 1.82) is 0 Å². The predicted molar refractivity (Wildman–Crippen MR) is 93.5 cm³/mol. The van der Waals surface area contributed by atoms with Gasteiger partial charge in [-0.3, -0.25) is 4.79 Å². The van der Waals surface area contributed by atoms with Crippen LogP contribution in [-0.4, -0.2) is 36.5 Å². The van der Waals surface area contributed by atoms with Crippen LogP contribution in [0, 0.1) is 5.92 Å². The number of ether oxygens (including phenoxy) is 1. The van der Waals surface area contributed by atoms with Crippen LogP contribution < -0.4 is 10.5 Å². The molecule has 1 aliphatic rings. The second-order valence-corrected chi connectivity index (χ2v) is 6.59. The van der Waals surface area contributed by atoms with E-state index in [9.17, 15) is 4.79 Å². The van der Waals surface area contributed by atoms with Crippen LogP contribution in [0.15, 0.2) is 24.3 Å². The van der Waals surface area contributed by atoms with Crippen molar-refractivity contribution in [2.45, 2.75) is 52.0 Å². The Balaban J connectivity index is 1.79. The molecule has 1 aromatic carbocycles. The van der Waals surface area contributed by atoms with E-state index in [1.807, 2.05) is 24.0 Å². The number of amides is 1. The lowest BCUT2D eigenvalue weighted by Crippen LogP contribution is -2.45. The summed E-state index contributed by atoms with van der Waals surface area (Å²) < 4.78 is 5.58. The van der Waals surface area contributed by atoms with Crippen molar-refractivity contribution in [1.82, 2.24) is 4.90 Å². The third kappa shape index (κ3) is 5.54. The first kappa shape index (κ1) is 17.8. The van der Waals surface area contributed by atoms with Crippen LogP contribution in [0.5, 0.6) is 5.75 Å². The number of benzene rings is 1. The number of nitrogens with two attached hydrogens (primary N) is 1. The Kier molecular flexibility index (Phi) is 6.90. The van der Waals surface area contributed by atoms with Crippen molar-refractivity contribution in [2.24, 2.45) is 11.7 Å². The highest BCUT2D eigenvalue weighted by atomic mass is 16.5. The molecule has 2 N–H and O–H groups in total. The SMILES string of the molecule is CCCOc1ccc(CCC(=O)N2CCCC(C(C)N)C2)cc1. The number of carbonyl (C=O) groups is 1. The van der Waals surface area contributed by atoms with Crippen molar-refractivity contribution in [2.75, 3.05) is 19.7 Å². The summed E-state index contributed by atoms with van der Waals surface area (Å²) in [6.45, 7) is 6.58. The Morgan fingerprint density at radius 1 is 1.39 bits per heavy atom. The molecule has 2 atom stereocenters. The van der Waals surface area contributed by atoms with Crippen molar-refractivity contribution < 1.29 is 9.53 Å². The minimum Gasteiger partial charge on any atom is -0.494 e. The van der Waals surface area contributed by atoms with Crippen LogP contribution in [0.3, 0.4) is 0 Å². The number of rotatable bonds is 7. The zero-order valence-corrected chi connectivity index (χ0v) is 14.5. The van der Waals surface area contributed by atoms with Gasteiger partial charge >= 0.3 is 0 Å². The van der Waals surface area contributed by atoms with Gasteiger partial charge in [-0.05, 0) is 56.2 Å². The van der Waals surface area contributed by atoms with Crippen molar-refractivity contribution >= 4 is 5.91 Å². The zero-order valence-electron chi connectivity index (χ0n) is 14.5. The van der Waals surface area contributed by atoms with Crippen molar-refractivity contribution in [3.8, 4) is 5.75 Å². The number of carbonyl (C=O) groups excluding carboxylic acids is 1. The summed E-state index contributed by atoms with van der Waals surface area (Å²) >= 11 is 0. The quantitative estimate of drug-likeness (QED) is 0.841. The second-order valence-electron chi connectivity index (χ2n) is 6.59. The molecule has 0 saturated carbocycles. The summed E-state index contributed by atoms with van der Waals surface area (Å²) in [5, 5.41) is 0. The number of hydrogen-bond acceptors (Lipinski definition) is 3. The maximum Gasteiger partial charge on any atom is 0.222 e. The van der Waals surface area contributed by atoms with Gasteiger partial charge in [0.2, 0.25) is 5.91 Å². The molecular formula is C19H30N2O2. The van der Waals surface area contributed by atoms with E-state index in [0.29, 0.717) is 12.3 Å². The van der Waals surface area contributed by atoms with Gasteiger partial charge in [0.05, 0.1) is 6.61 Å². The zero-order chi connectivity index (χ0) is 16.7. The summed E-state index contributed by atoms with van der Waals surface area (Å²) in [5.74, 6) is 1.60. The third-order valence-electron chi connectivity index (χ3n) is 4.58. The first-order valence-electron chi connectivity index (χ1n) is 8.85. The van der Waals surface area contributed by atoms with Gasteiger partial charge in [-0.15, -0.1) is 0 Å². The van der Waals surface area contributed by atoms with Crippen LogP contribution in [0.2, 0.25) is 0 Å². The van der Waals surface area contributed by atoms with E-state index in [4.69, 9.17) is 10.5 Å². The molecule has 2 rings (SSSR count). The van der Waals surface area contributed by atoms with Crippen LogP contribution in [-0.2, 0) is 11.2 Å². The molecule has 4 heteroatoms. The fourth-order valence-electron chi connectivity index (χ4n) is 3.05. The average Bonchev–Trinajstić information content (AvgIpc) is 2.58. The lowest BCUT2D eigenvalue weighted by Gasteiger charge is -2.34. The normalized spacial score (nSPS) is 19.4. The molecule has 1 amide bonds. The van der Waals surface area contributed by atoms with Crippen LogP contribution in [0.25, 0.3) is 0 Å². The van der Waals surface area contributed by atoms with E-state index < -0.39 is 0 Å². The maximum absolute atomic E-state index is 12.4. The Bertz CT molecular complexity index is 485. The minimum atomic E-state index is 0.168. The third-order valence-corrected chi connectivity index (χ3v) is 4.58. The van der Waals surface area contributed by atoms with E-state index in [1.165, 1.54) is 5.56 Å². The van der Waals surface area contributed by atoms with Gasteiger partial charge in [-0.25, -0.2) is 0 Å². The van der Waals surface area contributed by atoms with E-state index in [2.05, 4.69) is 19.1 Å². The van der Waals surface area contributed by atoms with Gasteiger partial charge in [0.25, 0.3) is 0 Å². The van der Waals surface area contributed by atoms with Gasteiger partial charge in [0.1, 0.15) is 5.75 Å². The summed E-state index contributed by atoms with van der Waals surface area (Å²) in [6.07, 6.45) is 4.57. The average molecular weight is 318 g/mol. The number of likely N-dealkylation sites (tertiary alicyclic amines) is 1. The van der Waals surface area contributed by atoms with Gasteiger partial charge in [-0.1, -0.05) is 19.1 Å². The predicted octanol–water partition coefficient (Wildman–Crippen LogP) is 2.99. The fraction of sp³-hybridized carbons (Fsp3) is 0.632.